The third-order valence-electron chi connectivity index (χ3n) is 6.36. The molecule has 1 aliphatic heterocycles. The third kappa shape index (κ3) is 4.61. The van der Waals surface area contributed by atoms with Gasteiger partial charge in [0.1, 0.15) is 0 Å². The second-order valence-electron chi connectivity index (χ2n) is 8.41. The molecule has 3 aromatic carbocycles. The molecule has 0 aromatic heterocycles. The maximum absolute atomic E-state index is 12.1. The Morgan fingerprint density at radius 2 is 1.82 bits per heavy atom. The number of carbonyl (C=O) groups is 1. The van der Waals surface area contributed by atoms with Crippen LogP contribution in [0.25, 0.3) is 10.8 Å². The summed E-state index contributed by atoms with van der Waals surface area (Å²) in [6, 6.07) is 12.3. The molecule has 1 heterocycles. The van der Waals surface area contributed by atoms with Gasteiger partial charge in [-0.25, -0.2) is 0 Å². The van der Waals surface area contributed by atoms with Gasteiger partial charge in [-0.1, -0.05) is 18.2 Å². The number of nitrogen functional groups attached to an aromatic ring is 1. The van der Waals surface area contributed by atoms with Crippen molar-refractivity contribution in [2.45, 2.75) is 32.9 Å². The highest BCUT2D eigenvalue weighted by Crippen LogP contribution is 2.44. The lowest BCUT2D eigenvalue weighted by molar-refractivity contribution is -0.142. The van der Waals surface area contributed by atoms with Gasteiger partial charge in [0.2, 0.25) is 5.75 Å². The number of fused-ring (bicyclic) bond motifs is 2. The topological polar surface area (TPSA) is 83.3 Å². The van der Waals surface area contributed by atoms with Crippen molar-refractivity contribution in [2.75, 3.05) is 40.2 Å². The molecule has 0 atom stereocenters. The number of ether oxygens (including phenoxy) is 4. The molecule has 1 aliphatic rings. The van der Waals surface area contributed by atoms with Gasteiger partial charge in [-0.05, 0) is 59.0 Å². The Kier molecular flexibility index (Phi) is 7.12. The van der Waals surface area contributed by atoms with Crippen LogP contribution in [0.1, 0.15) is 29.2 Å². The van der Waals surface area contributed by atoms with Crippen LogP contribution < -0.4 is 19.9 Å². The Morgan fingerprint density at radius 3 is 2.53 bits per heavy atom. The van der Waals surface area contributed by atoms with Crippen LogP contribution in [0.2, 0.25) is 0 Å². The first kappa shape index (κ1) is 23.7. The highest BCUT2D eigenvalue weighted by molar-refractivity contribution is 5.93. The molecule has 7 heteroatoms. The molecule has 3 aromatic rings. The number of esters is 1. The minimum absolute atomic E-state index is 0.173. The summed E-state index contributed by atoms with van der Waals surface area (Å²) in [7, 11) is 4.94. The molecule has 0 aliphatic carbocycles. The fourth-order valence-electron chi connectivity index (χ4n) is 4.78. The minimum atomic E-state index is -0.264. The fraction of sp³-hybridized carbons (Fsp3) is 0.370. The van der Waals surface area contributed by atoms with Gasteiger partial charge in [0.05, 0.1) is 34.4 Å². The van der Waals surface area contributed by atoms with E-state index in [-0.39, 0.29) is 12.4 Å². The SMILES string of the molecule is CCOC(=O)Cc1c(N)ccc2cc(CN3CCc4c(cc(OC)c(OC)c4OC)C3)ccc12. The van der Waals surface area contributed by atoms with Crippen molar-refractivity contribution in [1.82, 2.24) is 4.90 Å². The van der Waals surface area contributed by atoms with Crippen LogP contribution in [0.5, 0.6) is 17.2 Å². The first-order chi connectivity index (χ1) is 16.5. The largest absolute Gasteiger partial charge is 0.493 e. The molecule has 7 nitrogen and oxygen atoms in total. The van der Waals surface area contributed by atoms with Crippen LogP contribution >= 0.6 is 0 Å². The summed E-state index contributed by atoms with van der Waals surface area (Å²) in [5.74, 6) is 1.82. The maximum atomic E-state index is 12.1. The molecule has 0 bridgehead atoms. The summed E-state index contributed by atoms with van der Waals surface area (Å²) >= 11 is 0. The van der Waals surface area contributed by atoms with Crippen molar-refractivity contribution >= 4 is 22.4 Å². The van der Waals surface area contributed by atoms with Crippen LogP contribution in [0.4, 0.5) is 5.69 Å². The molecule has 34 heavy (non-hydrogen) atoms. The van der Waals surface area contributed by atoms with Crippen molar-refractivity contribution < 1.29 is 23.7 Å². The molecule has 0 radical (unpaired) electrons. The molecule has 4 rings (SSSR count). The van der Waals surface area contributed by atoms with Gasteiger partial charge >= 0.3 is 5.97 Å². The van der Waals surface area contributed by atoms with Gasteiger partial charge in [-0.2, -0.15) is 0 Å². The zero-order valence-electron chi connectivity index (χ0n) is 20.3. The highest BCUT2D eigenvalue weighted by Gasteiger charge is 2.25. The Hall–Kier alpha value is -3.45. The number of benzene rings is 3. The summed E-state index contributed by atoms with van der Waals surface area (Å²) in [5.41, 5.74) is 11.2. The molecule has 0 saturated heterocycles. The van der Waals surface area contributed by atoms with Crippen molar-refractivity contribution in [3.8, 4) is 17.2 Å². The summed E-state index contributed by atoms with van der Waals surface area (Å²) in [4.78, 5) is 14.5. The number of carbonyl (C=O) groups excluding carboxylic acids is 1. The first-order valence-corrected chi connectivity index (χ1v) is 11.5. The predicted molar refractivity (Wildman–Crippen MR) is 133 cm³/mol. The molecule has 0 spiro atoms. The molecule has 0 fully saturated rings. The second-order valence-corrected chi connectivity index (χ2v) is 8.41. The summed E-state index contributed by atoms with van der Waals surface area (Å²) < 4.78 is 21.9. The van der Waals surface area contributed by atoms with Crippen LogP contribution in [0, 0.1) is 0 Å². The zero-order valence-corrected chi connectivity index (χ0v) is 20.3. The lowest BCUT2D eigenvalue weighted by Gasteiger charge is -2.31. The third-order valence-corrected chi connectivity index (χ3v) is 6.36. The van der Waals surface area contributed by atoms with Gasteiger partial charge in [-0.3, -0.25) is 9.69 Å². The van der Waals surface area contributed by atoms with E-state index >= 15 is 0 Å². The summed E-state index contributed by atoms with van der Waals surface area (Å²) in [6.45, 7) is 4.67. The van der Waals surface area contributed by atoms with E-state index in [1.54, 1.807) is 28.3 Å². The van der Waals surface area contributed by atoms with E-state index in [1.165, 1.54) is 16.7 Å². The highest BCUT2D eigenvalue weighted by atomic mass is 16.5. The Morgan fingerprint density at radius 1 is 1.03 bits per heavy atom. The molecular weight excluding hydrogens is 432 g/mol. The van der Waals surface area contributed by atoms with Crippen LogP contribution in [-0.2, 0) is 35.5 Å². The predicted octanol–water partition coefficient (Wildman–Crippen LogP) is 4.11. The van der Waals surface area contributed by atoms with Crippen LogP contribution in [-0.4, -0.2) is 45.4 Å². The Bertz CT molecular complexity index is 1210. The Labute approximate surface area is 200 Å². The van der Waals surface area contributed by atoms with Crippen molar-refractivity contribution in [2.24, 2.45) is 0 Å². The average Bonchev–Trinajstić information content (AvgIpc) is 2.84. The summed E-state index contributed by atoms with van der Waals surface area (Å²) in [6.07, 6.45) is 1.04. The standard InChI is InChI=1S/C27H32N2O5/c1-5-34-25(30)14-22-20-8-6-17(12-18(20)7-9-23(22)28)15-29-11-10-21-19(16-29)13-24(31-2)27(33-4)26(21)32-3/h6-9,12-13H,5,10-11,14-16,28H2,1-4H3. The van der Waals surface area contributed by atoms with Crippen LogP contribution in [0.3, 0.4) is 0 Å². The smallest absolute Gasteiger partial charge is 0.310 e. The second kappa shape index (κ2) is 10.2. The molecule has 0 amide bonds. The molecule has 0 unspecified atom stereocenters. The van der Waals surface area contributed by atoms with Crippen molar-refractivity contribution in [1.29, 1.82) is 0 Å². The number of anilines is 1. The number of rotatable bonds is 8. The van der Waals surface area contributed by atoms with E-state index in [1.807, 2.05) is 18.2 Å². The minimum Gasteiger partial charge on any atom is -0.493 e. The van der Waals surface area contributed by atoms with E-state index in [9.17, 15) is 4.79 Å². The number of hydrogen-bond acceptors (Lipinski definition) is 7. The van der Waals surface area contributed by atoms with Gasteiger partial charge in [0, 0.05) is 30.9 Å². The Balaban J connectivity index is 1.57. The van der Waals surface area contributed by atoms with E-state index in [4.69, 9.17) is 24.7 Å². The monoisotopic (exact) mass is 464 g/mol. The number of nitrogens with zero attached hydrogens (tertiary/aromatic N) is 1. The van der Waals surface area contributed by atoms with Gasteiger partial charge in [-0.15, -0.1) is 0 Å². The summed E-state index contributed by atoms with van der Waals surface area (Å²) in [5, 5.41) is 2.05. The molecule has 180 valence electrons. The van der Waals surface area contributed by atoms with E-state index in [0.29, 0.717) is 23.8 Å². The van der Waals surface area contributed by atoms with Gasteiger partial charge < -0.3 is 24.7 Å². The average molecular weight is 465 g/mol. The molecular formula is C27H32N2O5. The normalized spacial score (nSPS) is 13.4. The molecule has 0 saturated carbocycles. The number of nitrogens with two attached hydrogens (primary N) is 1. The van der Waals surface area contributed by atoms with E-state index in [0.717, 1.165) is 48.1 Å². The lowest BCUT2D eigenvalue weighted by Crippen LogP contribution is -2.30. The molecule has 2 N–H and O–H groups in total. The number of hydrogen-bond donors (Lipinski definition) is 1. The van der Waals surface area contributed by atoms with E-state index < -0.39 is 0 Å². The van der Waals surface area contributed by atoms with Gasteiger partial charge in [0.25, 0.3) is 0 Å². The van der Waals surface area contributed by atoms with E-state index in [2.05, 4.69) is 23.1 Å². The quantitative estimate of drug-likeness (QED) is 0.397. The van der Waals surface area contributed by atoms with Crippen molar-refractivity contribution in [3.63, 3.8) is 0 Å². The van der Waals surface area contributed by atoms with Crippen molar-refractivity contribution in [3.05, 3.63) is 58.7 Å². The first-order valence-electron chi connectivity index (χ1n) is 11.5. The van der Waals surface area contributed by atoms with Gasteiger partial charge in [0.15, 0.2) is 11.5 Å². The zero-order chi connectivity index (χ0) is 24.2. The fourth-order valence-corrected chi connectivity index (χ4v) is 4.78. The van der Waals surface area contributed by atoms with Crippen LogP contribution in [0.15, 0.2) is 36.4 Å². The number of methoxy groups -OCH3 is 3. The lowest BCUT2D eigenvalue weighted by atomic mass is 9.96. The maximum Gasteiger partial charge on any atom is 0.310 e.